The zero-order valence-corrected chi connectivity index (χ0v) is 23.9. The Morgan fingerprint density at radius 3 is 2.35 bits per heavy atom. The van der Waals surface area contributed by atoms with Crippen molar-refractivity contribution in [1.29, 1.82) is 0 Å². The quantitative estimate of drug-likeness (QED) is 0.188. The number of carbonyl (C=O) groups excluding carboxylic acids is 2. The van der Waals surface area contributed by atoms with Crippen LogP contribution in [0.3, 0.4) is 0 Å². The third-order valence-electron chi connectivity index (χ3n) is 6.64. The summed E-state index contributed by atoms with van der Waals surface area (Å²) in [5.41, 5.74) is 6.04. The lowest BCUT2D eigenvalue weighted by Gasteiger charge is -2.29. The van der Waals surface area contributed by atoms with Crippen molar-refractivity contribution >= 4 is 23.6 Å². The Kier molecular flexibility index (Phi) is 13.8. The second-order valence-electron chi connectivity index (χ2n) is 10.0. The van der Waals surface area contributed by atoms with Gasteiger partial charge >= 0.3 is 5.92 Å². The van der Waals surface area contributed by atoms with E-state index in [1.165, 1.54) is 12.1 Å². The molecule has 11 heteroatoms. The van der Waals surface area contributed by atoms with Crippen LogP contribution >= 0.6 is 11.8 Å². The Morgan fingerprint density at radius 1 is 1.07 bits per heavy atom. The fraction of sp³-hybridized carbons (Fsp3) is 0.517. The van der Waals surface area contributed by atoms with E-state index in [0.29, 0.717) is 24.5 Å². The SMILES string of the molecule is COCCCCOc1ccccc1C(=O)N(Cl)C[C@@H](C[C@H](N)[C@@H](O)CNC(=O)C(F)(F)c1ccccc1)C(C)C. The zero-order chi connectivity index (χ0) is 29.7. The van der Waals surface area contributed by atoms with Crippen LogP contribution in [0.2, 0.25) is 0 Å². The van der Waals surface area contributed by atoms with E-state index in [1.54, 1.807) is 37.4 Å². The predicted molar refractivity (Wildman–Crippen MR) is 150 cm³/mol. The van der Waals surface area contributed by atoms with Gasteiger partial charge in [0.1, 0.15) is 5.75 Å². The number of alkyl halides is 2. The zero-order valence-electron chi connectivity index (χ0n) is 23.2. The molecule has 0 aliphatic rings. The molecule has 4 N–H and O–H groups in total. The number of benzene rings is 2. The smallest absolute Gasteiger partial charge is 0.349 e. The second kappa shape index (κ2) is 16.5. The molecule has 0 radical (unpaired) electrons. The van der Waals surface area contributed by atoms with Crippen molar-refractivity contribution in [3.05, 3.63) is 65.7 Å². The van der Waals surface area contributed by atoms with Gasteiger partial charge in [-0.1, -0.05) is 56.3 Å². The van der Waals surface area contributed by atoms with E-state index in [-0.39, 0.29) is 24.8 Å². The van der Waals surface area contributed by atoms with E-state index < -0.39 is 42.0 Å². The number of ether oxygens (including phenoxy) is 2. The average Bonchev–Trinajstić information content (AvgIpc) is 2.95. The van der Waals surface area contributed by atoms with E-state index in [9.17, 15) is 23.5 Å². The van der Waals surface area contributed by atoms with Crippen LogP contribution < -0.4 is 15.8 Å². The van der Waals surface area contributed by atoms with Gasteiger partial charge in [-0.3, -0.25) is 14.0 Å². The molecule has 0 aliphatic carbocycles. The molecular formula is C29H40ClF2N3O5. The number of hydrogen-bond donors (Lipinski definition) is 3. The lowest BCUT2D eigenvalue weighted by atomic mass is 9.87. The van der Waals surface area contributed by atoms with Crippen molar-refractivity contribution in [3.63, 3.8) is 0 Å². The molecule has 0 saturated heterocycles. The van der Waals surface area contributed by atoms with Gasteiger partial charge in [0, 0.05) is 50.2 Å². The van der Waals surface area contributed by atoms with Crippen molar-refractivity contribution < 1.29 is 33.0 Å². The van der Waals surface area contributed by atoms with Gasteiger partial charge in [0.05, 0.1) is 18.3 Å². The van der Waals surface area contributed by atoms with Gasteiger partial charge in [-0.15, -0.1) is 0 Å². The summed E-state index contributed by atoms with van der Waals surface area (Å²) in [6.07, 6.45) is 0.539. The number of nitrogens with two attached hydrogens (primary N) is 1. The minimum absolute atomic E-state index is 0.0246. The molecule has 3 atom stereocenters. The molecule has 2 aromatic rings. The molecule has 0 heterocycles. The molecule has 2 amide bonds. The number of aliphatic hydroxyl groups excluding tert-OH is 1. The van der Waals surface area contributed by atoms with Gasteiger partial charge in [-0.25, -0.2) is 0 Å². The van der Waals surface area contributed by atoms with Crippen molar-refractivity contribution in [2.45, 2.75) is 51.2 Å². The fourth-order valence-corrected chi connectivity index (χ4v) is 4.29. The van der Waals surface area contributed by atoms with Crippen LogP contribution in [0, 0.1) is 11.8 Å². The standard InChI is InChI=1S/C29H40ClF2N3O5/c1-20(2)21(17-24(33)25(36)18-34-28(38)29(31,32)22-11-5-4-6-12-22)19-35(30)27(37)23-13-7-8-14-26(23)40-16-10-9-15-39-3/h4-8,11-14,20-21,24-25,36H,9-10,15-19,33H2,1-3H3,(H,34,38)/t21-,24+,25+/m1/s1. The third-order valence-corrected chi connectivity index (χ3v) is 6.93. The van der Waals surface area contributed by atoms with E-state index >= 15 is 0 Å². The Bertz CT molecular complexity index is 1060. The molecule has 8 nitrogen and oxygen atoms in total. The molecule has 0 saturated carbocycles. The first-order chi connectivity index (χ1) is 19.0. The maximum atomic E-state index is 14.4. The van der Waals surface area contributed by atoms with Gasteiger partial charge < -0.3 is 25.6 Å². The number of para-hydroxylation sites is 1. The summed E-state index contributed by atoms with van der Waals surface area (Å²) >= 11 is 6.42. The van der Waals surface area contributed by atoms with E-state index in [1.807, 2.05) is 13.8 Å². The number of nitrogens with one attached hydrogen (secondary N) is 1. The van der Waals surface area contributed by atoms with Crippen LogP contribution in [0.15, 0.2) is 54.6 Å². The first kappa shape index (κ1) is 33.4. The third kappa shape index (κ3) is 9.99. The van der Waals surface area contributed by atoms with Crippen LogP contribution in [0.25, 0.3) is 0 Å². The van der Waals surface area contributed by atoms with Crippen LogP contribution in [0.1, 0.15) is 49.0 Å². The Hall–Kier alpha value is -2.79. The molecule has 0 fully saturated rings. The average molecular weight is 584 g/mol. The van der Waals surface area contributed by atoms with Crippen molar-refractivity contribution in [3.8, 4) is 5.75 Å². The Balaban J connectivity index is 1.94. The summed E-state index contributed by atoms with van der Waals surface area (Å²) in [4.78, 5) is 25.3. The minimum Gasteiger partial charge on any atom is -0.493 e. The maximum absolute atomic E-state index is 14.4. The number of amides is 2. The summed E-state index contributed by atoms with van der Waals surface area (Å²) in [6.45, 7) is 4.58. The first-order valence-electron chi connectivity index (χ1n) is 13.3. The molecular weight excluding hydrogens is 544 g/mol. The molecule has 222 valence electrons. The highest BCUT2D eigenvalue weighted by atomic mass is 35.5. The topological polar surface area (TPSA) is 114 Å². The normalized spacial score (nSPS) is 13.9. The summed E-state index contributed by atoms with van der Waals surface area (Å²) in [7, 11) is 1.63. The number of halogens is 3. The number of rotatable bonds is 17. The van der Waals surface area contributed by atoms with Gasteiger partial charge in [0.2, 0.25) is 0 Å². The molecule has 2 rings (SSSR count). The molecule has 0 aromatic heterocycles. The molecule has 2 aromatic carbocycles. The van der Waals surface area contributed by atoms with Gasteiger partial charge in [0.15, 0.2) is 0 Å². The molecule has 0 spiro atoms. The van der Waals surface area contributed by atoms with Crippen molar-refractivity contribution in [2.24, 2.45) is 17.6 Å². The van der Waals surface area contributed by atoms with Crippen molar-refractivity contribution in [2.75, 3.05) is 33.4 Å². The number of nitrogens with zero attached hydrogens (tertiary/aromatic N) is 1. The Labute approximate surface area is 239 Å². The van der Waals surface area contributed by atoms with E-state index in [0.717, 1.165) is 29.4 Å². The monoisotopic (exact) mass is 583 g/mol. The highest BCUT2D eigenvalue weighted by molar-refractivity contribution is 6.24. The number of methoxy groups -OCH3 is 1. The molecule has 0 unspecified atom stereocenters. The summed E-state index contributed by atoms with van der Waals surface area (Å²) in [5, 5.41) is 12.6. The lowest BCUT2D eigenvalue weighted by molar-refractivity contribution is -0.147. The predicted octanol–water partition coefficient (Wildman–Crippen LogP) is 4.35. The largest absolute Gasteiger partial charge is 0.493 e. The summed E-state index contributed by atoms with van der Waals surface area (Å²) in [6, 6.07) is 12.7. The maximum Gasteiger partial charge on any atom is 0.349 e. The summed E-state index contributed by atoms with van der Waals surface area (Å²) in [5.74, 6) is -5.50. The highest BCUT2D eigenvalue weighted by Crippen LogP contribution is 2.28. The second-order valence-corrected chi connectivity index (χ2v) is 10.4. The first-order valence-corrected chi connectivity index (χ1v) is 13.7. The van der Waals surface area contributed by atoms with Crippen molar-refractivity contribution in [1.82, 2.24) is 9.74 Å². The molecule has 40 heavy (non-hydrogen) atoms. The fourth-order valence-electron chi connectivity index (χ4n) is 4.02. The van der Waals surface area contributed by atoms with E-state index in [2.05, 4.69) is 5.32 Å². The Morgan fingerprint density at radius 2 is 1.70 bits per heavy atom. The van der Waals surface area contributed by atoms with Crippen LogP contribution in [-0.4, -0.2) is 66.9 Å². The van der Waals surface area contributed by atoms with Gasteiger partial charge in [0.25, 0.3) is 11.8 Å². The number of carbonyl (C=O) groups is 2. The van der Waals surface area contributed by atoms with Gasteiger partial charge in [-0.2, -0.15) is 8.78 Å². The minimum atomic E-state index is -3.76. The van der Waals surface area contributed by atoms with Crippen LogP contribution in [-0.2, 0) is 15.5 Å². The lowest BCUT2D eigenvalue weighted by Crippen LogP contribution is -2.48. The number of unbranched alkanes of at least 4 members (excludes halogenated alkanes) is 1. The highest BCUT2D eigenvalue weighted by Gasteiger charge is 2.41. The molecule has 0 bridgehead atoms. The number of hydrogen-bond acceptors (Lipinski definition) is 6. The van der Waals surface area contributed by atoms with E-state index in [4.69, 9.17) is 27.0 Å². The van der Waals surface area contributed by atoms with Crippen LogP contribution in [0.5, 0.6) is 5.75 Å². The number of aliphatic hydroxyl groups is 1. The summed E-state index contributed by atoms with van der Waals surface area (Å²) < 4.78 is 40.8. The van der Waals surface area contributed by atoms with Crippen LogP contribution in [0.4, 0.5) is 8.78 Å². The molecule has 0 aliphatic heterocycles. The van der Waals surface area contributed by atoms with Gasteiger partial charge in [-0.05, 0) is 43.2 Å².